The summed E-state index contributed by atoms with van der Waals surface area (Å²) in [4.78, 5) is 11.9. The van der Waals surface area contributed by atoms with E-state index in [0.29, 0.717) is 18.0 Å². The van der Waals surface area contributed by atoms with Crippen molar-refractivity contribution in [1.29, 1.82) is 0 Å². The number of benzene rings is 1. The van der Waals surface area contributed by atoms with Crippen LogP contribution in [0.5, 0.6) is 5.75 Å². The van der Waals surface area contributed by atoms with E-state index in [1.165, 1.54) is 12.1 Å². The Morgan fingerprint density at radius 3 is 2.83 bits per heavy atom. The quantitative estimate of drug-likeness (QED) is 0.843. The highest BCUT2D eigenvalue weighted by atomic mass is 19.4. The van der Waals surface area contributed by atoms with E-state index in [1.54, 1.807) is 12.1 Å². The zero-order valence-electron chi connectivity index (χ0n) is 12.8. The van der Waals surface area contributed by atoms with E-state index in [2.05, 4.69) is 15.4 Å². The number of aryl methyl sites for hydroxylation is 1. The molecular formula is C16H21F3N2O2. The molecule has 4 nitrogen and oxygen atoms in total. The summed E-state index contributed by atoms with van der Waals surface area (Å²) in [6, 6.07) is 5.90. The lowest BCUT2D eigenvalue weighted by Gasteiger charge is -2.22. The number of hydrogen-bond acceptors (Lipinski definition) is 3. The first-order chi connectivity index (χ1) is 10.9. The van der Waals surface area contributed by atoms with Crippen LogP contribution in [0.1, 0.15) is 24.8 Å². The van der Waals surface area contributed by atoms with Gasteiger partial charge in [0.1, 0.15) is 5.75 Å². The lowest BCUT2D eigenvalue weighted by molar-refractivity contribution is -0.274. The van der Waals surface area contributed by atoms with Gasteiger partial charge in [-0.1, -0.05) is 18.2 Å². The number of halogens is 3. The number of carbonyl (C=O) groups excluding carboxylic acids is 1. The molecule has 0 radical (unpaired) electrons. The Hall–Kier alpha value is -1.76. The van der Waals surface area contributed by atoms with Crippen LogP contribution in [0.4, 0.5) is 13.2 Å². The number of rotatable bonds is 6. The Balaban J connectivity index is 1.79. The van der Waals surface area contributed by atoms with Crippen LogP contribution in [0.15, 0.2) is 24.3 Å². The first-order valence-electron chi connectivity index (χ1n) is 7.75. The van der Waals surface area contributed by atoms with Crippen molar-refractivity contribution >= 4 is 5.91 Å². The van der Waals surface area contributed by atoms with E-state index in [4.69, 9.17) is 0 Å². The maximum Gasteiger partial charge on any atom is 0.573 e. The summed E-state index contributed by atoms with van der Waals surface area (Å²) in [5.74, 6) is 0.0233. The molecule has 0 saturated carbocycles. The minimum atomic E-state index is -4.73. The normalized spacial score (nSPS) is 18.5. The topological polar surface area (TPSA) is 50.4 Å². The van der Waals surface area contributed by atoms with Crippen molar-refractivity contribution in [2.24, 2.45) is 5.92 Å². The van der Waals surface area contributed by atoms with E-state index in [9.17, 15) is 18.0 Å². The van der Waals surface area contributed by atoms with Crippen molar-refractivity contribution < 1.29 is 22.7 Å². The number of para-hydroxylation sites is 1. The maximum absolute atomic E-state index is 12.3. The molecule has 1 fully saturated rings. The standard InChI is InChI=1S/C16H21F3N2O2/c17-16(18,19)23-14-6-2-1-5-13(14)7-8-15(22)21-11-12-4-3-9-20-10-12/h1-2,5-6,12,20H,3-4,7-11H2,(H,21,22). The summed E-state index contributed by atoms with van der Waals surface area (Å²) in [6.45, 7) is 2.51. The third-order valence-corrected chi connectivity index (χ3v) is 3.81. The van der Waals surface area contributed by atoms with Gasteiger partial charge in [-0.25, -0.2) is 0 Å². The van der Waals surface area contributed by atoms with Gasteiger partial charge >= 0.3 is 6.36 Å². The highest BCUT2D eigenvalue weighted by Crippen LogP contribution is 2.26. The number of amides is 1. The molecule has 2 N–H and O–H groups in total. The molecule has 0 spiro atoms. The van der Waals surface area contributed by atoms with Gasteiger partial charge in [-0.05, 0) is 49.9 Å². The third kappa shape index (κ3) is 6.48. The molecule has 0 aromatic heterocycles. The van der Waals surface area contributed by atoms with E-state index in [1.807, 2.05) is 0 Å². The minimum Gasteiger partial charge on any atom is -0.406 e. The molecule has 128 valence electrons. The van der Waals surface area contributed by atoms with Gasteiger partial charge in [0.2, 0.25) is 5.91 Å². The summed E-state index contributed by atoms with van der Waals surface area (Å²) < 4.78 is 41.0. The van der Waals surface area contributed by atoms with Gasteiger partial charge in [-0.3, -0.25) is 4.79 Å². The Morgan fingerprint density at radius 1 is 1.35 bits per heavy atom. The lowest BCUT2D eigenvalue weighted by atomic mass is 9.99. The van der Waals surface area contributed by atoms with Crippen LogP contribution in [0.25, 0.3) is 0 Å². The second-order valence-electron chi connectivity index (χ2n) is 5.67. The van der Waals surface area contributed by atoms with Crippen LogP contribution in [-0.4, -0.2) is 31.9 Å². The van der Waals surface area contributed by atoms with Gasteiger partial charge in [-0.2, -0.15) is 0 Å². The Morgan fingerprint density at radius 2 is 2.13 bits per heavy atom. The molecule has 1 aromatic carbocycles. The van der Waals surface area contributed by atoms with E-state index < -0.39 is 6.36 Å². The number of carbonyl (C=O) groups is 1. The van der Waals surface area contributed by atoms with Crippen LogP contribution in [-0.2, 0) is 11.2 Å². The summed E-state index contributed by atoms with van der Waals surface area (Å²) in [6.07, 6.45) is -2.20. The van der Waals surface area contributed by atoms with E-state index >= 15 is 0 Å². The molecule has 1 aliphatic heterocycles. The predicted octanol–water partition coefficient (Wildman–Crippen LogP) is 2.63. The Kier molecular flexibility index (Phi) is 6.27. The molecule has 1 amide bonds. The number of nitrogens with one attached hydrogen (secondary N) is 2. The number of piperidine rings is 1. The van der Waals surface area contributed by atoms with Gasteiger partial charge in [-0.15, -0.1) is 13.2 Å². The van der Waals surface area contributed by atoms with Gasteiger partial charge < -0.3 is 15.4 Å². The zero-order chi connectivity index (χ0) is 16.7. The average molecular weight is 330 g/mol. The molecule has 23 heavy (non-hydrogen) atoms. The maximum atomic E-state index is 12.3. The van der Waals surface area contributed by atoms with Crippen LogP contribution < -0.4 is 15.4 Å². The summed E-state index contributed by atoms with van der Waals surface area (Å²) in [7, 11) is 0. The fraction of sp³-hybridized carbons (Fsp3) is 0.562. The molecule has 1 aromatic rings. The first-order valence-corrected chi connectivity index (χ1v) is 7.75. The predicted molar refractivity (Wildman–Crippen MR) is 80.0 cm³/mol. The van der Waals surface area contributed by atoms with Gasteiger partial charge in [0.05, 0.1) is 0 Å². The molecule has 7 heteroatoms. The van der Waals surface area contributed by atoms with Crippen LogP contribution in [0, 0.1) is 5.92 Å². The number of ether oxygens (including phenoxy) is 1. The largest absolute Gasteiger partial charge is 0.573 e. The van der Waals surface area contributed by atoms with Crippen molar-refractivity contribution in [1.82, 2.24) is 10.6 Å². The summed E-state index contributed by atoms with van der Waals surface area (Å²) in [5.41, 5.74) is 0.374. The molecule has 1 heterocycles. The van der Waals surface area contributed by atoms with Crippen molar-refractivity contribution in [2.45, 2.75) is 32.0 Å². The van der Waals surface area contributed by atoms with E-state index in [-0.39, 0.29) is 24.5 Å². The van der Waals surface area contributed by atoms with Gasteiger partial charge in [0.15, 0.2) is 0 Å². The van der Waals surface area contributed by atoms with E-state index in [0.717, 1.165) is 25.9 Å². The molecule has 1 saturated heterocycles. The second-order valence-corrected chi connectivity index (χ2v) is 5.67. The molecule has 1 aliphatic rings. The molecule has 1 unspecified atom stereocenters. The fourth-order valence-electron chi connectivity index (χ4n) is 2.63. The first kappa shape index (κ1) is 17.6. The van der Waals surface area contributed by atoms with Crippen LogP contribution in [0.3, 0.4) is 0 Å². The highest BCUT2D eigenvalue weighted by Gasteiger charge is 2.31. The average Bonchev–Trinajstić information content (AvgIpc) is 2.51. The third-order valence-electron chi connectivity index (χ3n) is 3.81. The Bertz CT molecular complexity index is 514. The zero-order valence-corrected chi connectivity index (χ0v) is 12.8. The molecule has 0 bridgehead atoms. The van der Waals surface area contributed by atoms with Crippen molar-refractivity contribution in [3.8, 4) is 5.75 Å². The van der Waals surface area contributed by atoms with Crippen LogP contribution in [0.2, 0.25) is 0 Å². The van der Waals surface area contributed by atoms with Crippen molar-refractivity contribution in [3.05, 3.63) is 29.8 Å². The lowest BCUT2D eigenvalue weighted by Crippen LogP contribution is -2.38. The molecule has 0 aliphatic carbocycles. The minimum absolute atomic E-state index is 0.137. The molecular weight excluding hydrogens is 309 g/mol. The monoisotopic (exact) mass is 330 g/mol. The second kappa shape index (κ2) is 8.19. The molecule has 1 atom stereocenters. The highest BCUT2D eigenvalue weighted by molar-refractivity contribution is 5.76. The Labute approximate surface area is 133 Å². The van der Waals surface area contributed by atoms with Crippen molar-refractivity contribution in [3.63, 3.8) is 0 Å². The fourth-order valence-corrected chi connectivity index (χ4v) is 2.63. The number of hydrogen-bond donors (Lipinski definition) is 2. The van der Waals surface area contributed by atoms with Gasteiger partial charge in [0.25, 0.3) is 0 Å². The summed E-state index contributed by atoms with van der Waals surface area (Å²) >= 11 is 0. The van der Waals surface area contributed by atoms with Crippen molar-refractivity contribution in [2.75, 3.05) is 19.6 Å². The number of alkyl halides is 3. The SMILES string of the molecule is O=C(CCc1ccccc1OC(F)(F)F)NCC1CCCNC1. The summed E-state index contributed by atoms with van der Waals surface area (Å²) in [5, 5.41) is 6.12. The van der Waals surface area contributed by atoms with Gasteiger partial charge in [0, 0.05) is 13.0 Å². The smallest absolute Gasteiger partial charge is 0.406 e. The van der Waals surface area contributed by atoms with Crippen LogP contribution >= 0.6 is 0 Å². The molecule has 2 rings (SSSR count).